The minimum atomic E-state index is 0.178. The summed E-state index contributed by atoms with van der Waals surface area (Å²) in [6, 6.07) is 6.38. The predicted molar refractivity (Wildman–Crippen MR) is 73.8 cm³/mol. The SMILES string of the molecule is CCCC(CC)c1ccc(C(C)=O)c(CC)c1. The van der Waals surface area contributed by atoms with Gasteiger partial charge in [-0.05, 0) is 43.2 Å². The lowest BCUT2D eigenvalue weighted by molar-refractivity contribution is 0.101. The lowest BCUT2D eigenvalue weighted by Gasteiger charge is -2.16. The Kier molecular flexibility index (Phi) is 5.40. The first-order chi connectivity index (χ1) is 8.13. The van der Waals surface area contributed by atoms with E-state index in [0.29, 0.717) is 5.92 Å². The fourth-order valence-corrected chi connectivity index (χ4v) is 2.46. The van der Waals surface area contributed by atoms with E-state index in [-0.39, 0.29) is 5.78 Å². The van der Waals surface area contributed by atoms with Crippen LogP contribution in [0.15, 0.2) is 18.2 Å². The van der Waals surface area contributed by atoms with Crippen LogP contribution in [-0.4, -0.2) is 5.78 Å². The minimum absolute atomic E-state index is 0.178. The normalized spacial score (nSPS) is 12.5. The largest absolute Gasteiger partial charge is 0.295 e. The number of hydrogen-bond acceptors (Lipinski definition) is 1. The van der Waals surface area contributed by atoms with Gasteiger partial charge in [0.05, 0.1) is 0 Å². The zero-order chi connectivity index (χ0) is 12.8. The second-order valence-electron chi connectivity index (χ2n) is 4.72. The molecule has 0 fully saturated rings. The Morgan fingerprint density at radius 3 is 2.41 bits per heavy atom. The van der Waals surface area contributed by atoms with Crippen molar-refractivity contribution in [2.45, 2.75) is 59.3 Å². The number of carbonyl (C=O) groups excluding carboxylic acids is 1. The van der Waals surface area contributed by atoms with Gasteiger partial charge in [0.2, 0.25) is 0 Å². The van der Waals surface area contributed by atoms with Crippen LogP contribution < -0.4 is 0 Å². The maximum Gasteiger partial charge on any atom is 0.160 e. The summed E-state index contributed by atoms with van der Waals surface area (Å²) in [7, 11) is 0. The molecule has 0 aliphatic rings. The molecule has 1 nitrogen and oxygen atoms in total. The monoisotopic (exact) mass is 232 g/mol. The molecule has 0 heterocycles. The average Bonchev–Trinajstić information content (AvgIpc) is 2.34. The topological polar surface area (TPSA) is 17.1 Å². The summed E-state index contributed by atoms with van der Waals surface area (Å²) < 4.78 is 0. The van der Waals surface area contributed by atoms with Gasteiger partial charge >= 0.3 is 0 Å². The molecule has 1 aromatic carbocycles. The van der Waals surface area contributed by atoms with Crippen LogP contribution in [0.25, 0.3) is 0 Å². The highest BCUT2D eigenvalue weighted by Crippen LogP contribution is 2.27. The standard InChI is InChI=1S/C16H24O/c1-5-8-13(6-2)15-9-10-16(12(4)17)14(7-3)11-15/h9-11,13H,5-8H2,1-4H3. The number of aryl methyl sites for hydroxylation is 1. The van der Waals surface area contributed by atoms with E-state index >= 15 is 0 Å². The van der Waals surface area contributed by atoms with Gasteiger partial charge < -0.3 is 0 Å². The van der Waals surface area contributed by atoms with E-state index in [4.69, 9.17) is 0 Å². The third-order valence-corrected chi connectivity index (χ3v) is 3.49. The van der Waals surface area contributed by atoms with Gasteiger partial charge in [0.25, 0.3) is 0 Å². The first-order valence-electron chi connectivity index (χ1n) is 6.77. The Balaban J connectivity index is 3.07. The average molecular weight is 232 g/mol. The van der Waals surface area contributed by atoms with Crippen molar-refractivity contribution >= 4 is 5.78 Å². The van der Waals surface area contributed by atoms with Gasteiger partial charge in [0, 0.05) is 5.56 Å². The molecule has 94 valence electrons. The van der Waals surface area contributed by atoms with Crippen molar-refractivity contribution in [2.24, 2.45) is 0 Å². The van der Waals surface area contributed by atoms with E-state index in [1.165, 1.54) is 30.4 Å². The van der Waals surface area contributed by atoms with Gasteiger partial charge in [-0.3, -0.25) is 4.79 Å². The molecule has 0 aliphatic carbocycles. The molecular formula is C16H24O. The van der Waals surface area contributed by atoms with Crippen molar-refractivity contribution in [3.8, 4) is 0 Å². The molecule has 0 N–H and O–H groups in total. The highest BCUT2D eigenvalue weighted by molar-refractivity contribution is 5.95. The summed E-state index contributed by atoms with van der Waals surface area (Å²) in [6.45, 7) is 8.24. The summed E-state index contributed by atoms with van der Waals surface area (Å²) in [6.07, 6.45) is 4.56. The maximum atomic E-state index is 11.5. The van der Waals surface area contributed by atoms with Crippen LogP contribution in [0, 0.1) is 0 Å². The molecule has 0 spiro atoms. The van der Waals surface area contributed by atoms with Gasteiger partial charge in [-0.15, -0.1) is 0 Å². The fourth-order valence-electron chi connectivity index (χ4n) is 2.46. The lowest BCUT2D eigenvalue weighted by atomic mass is 9.88. The molecule has 1 atom stereocenters. The number of ketones is 1. The molecule has 0 amide bonds. The third-order valence-electron chi connectivity index (χ3n) is 3.49. The van der Waals surface area contributed by atoms with Crippen LogP contribution in [0.4, 0.5) is 0 Å². The molecule has 1 heteroatoms. The van der Waals surface area contributed by atoms with E-state index < -0.39 is 0 Å². The highest BCUT2D eigenvalue weighted by atomic mass is 16.1. The van der Waals surface area contributed by atoms with Crippen molar-refractivity contribution in [1.29, 1.82) is 0 Å². The first-order valence-corrected chi connectivity index (χ1v) is 6.77. The summed E-state index contributed by atoms with van der Waals surface area (Å²) in [5, 5.41) is 0. The third kappa shape index (κ3) is 3.42. The van der Waals surface area contributed by atoms with Crippen LogP contribution in [0.5, 0.6) is 0 Å². The Labute approximate surface area is 105 Å². The maximum absolute atomic E-state index is 11.5. The zero-order valence-corrected chi connectivity index (χ0v) is 11.5. The van der Waals surface area contributed by atoms with Crippen molar-refractivity contribution < 1.29 is 4.79 Å². The quantitative estimate of drug-likeness (QED) is 0.647. The Morgan fingerprint density at radius 1 is 1.24 bits per heavy atom. The number of rotatable bonds is 6. The molecular weight excluding hydrogens is 208 g/mol. The van der Waals surface area contributed by atoms with Crippen molar-refractivity contribution in [3.05, 3.63) is 34.9 Å². The van der Waals surface area contributed by atoms with Crippen LogP contribution in [0.1, 0.15) is 74.4 Å². The number of Topliss-reactive ketones (excluding diaryl/α,β-unsaturated/α-hetero) is 1. The van der Waals surface area contributed by atoms with Crippen molar-refractivity contribution in [2.75, 3.05) is 0 Å². The van der Waals surface area contributed by atoms with E-state index in [0.717, 1.165) is 12.0 Å². The van der Waals surface area contributed by atoms with E-state index in [9.17, 15) is 4.79 Å². The summed E-state index contributed by atoms with van der Waals surface area (Å²) in [4.78, 5) is 11.5. The van der Waals surface area contributed by atoms with Crippen LogP contribution in [0.2, 0.25) is 0 Å². The second-order valence-corrected chi connectivity index (χ2v) is 4.72. The molecule has 0 aliphatic heterocycles. The molecule has 0 radical (unpaired) electrons. The molecule has 1 unspecified atom stereocenters. The van der Waals surface area contributed by atoms with Gasteiger partial charge in [-0.2, -0.15) is 0 Å². The fraction of sp³-hybridized carbons (Fsp3) is 0.562. The molecule has 17 heavy (non-hydrogen) atoms. The highest BCUT2D eigenvalue weighted by Gasteiger charge is 2.12. The van der Waals surface area contributed by atoms with Gasteiger partial charge in [0.1, 0.15) is 0 Å². The molecule has 1 aromatic rings. The summed E-state index contributed by atoms with van der Waals surface area (Å²) in [5.41, 5.74) is 3.49. The van der Waals surface area contributed by atoms with Crippen LogP contribution in [-0.2, 0) is 6.42 Å². The number of benzene rings is 1. The Morgan fingerprint density at radius 2 is 1.94 bits per heavy atom. The first kappa shape index (κ1) is 14.0. The molecule has 0 aromatic heterocycles. The smallest absolute Gasteiger partial charge is 0.160 e. The summed E-state index contributed by atoms with van der Waals surface area (Å²) >= 11 is 0. The zero-order valence-electron chi connectivity index (χ0n) is 11.5. The van der Waals surface area contributed by atoms with E-state index in [1.807, 2.05) is 6.07 Å². The molecule has 0 saturated heterocycles. The van der Waals surface area contributed by atoms with Gasteiger partial charge in [-0.1, -0.05) is 45.4 Å². The van der Waals surface area contributed by atoms with Gasteiger partial charge in [-0.25, -0.2) is 0 Å². The molecule has 1 rings (SSSR count). The second kappa shape index (κ2) is 6.58. The number of hydrogen-bond donors (Lipinski definition) is 0. The van der Waals surface area contributed by atoms with Crippen molar-refractivity contribution in [1.82, 2.24) is 0 Å². The van der Waals surface area contributed by atoms with Gasteiger partial charge in [0.15, 0.2) is 5.78 Å². The van der Waals surface area contributed by atoms with Crippen LogP contribution in [0.3, 0.4) is 0 Å². The summed E-state index contributed by atoms with van der Waals surface area (Å²) in [5.74, 6) is 0.822. The Hall–Kier alpha value is -1.11. The minimum Gasteiger partial charge on any atom is -0.295 e. The van der Waals surface area contributed by atoms with Crippen molar-refractivity contribution in [3.63, 3.8) is 0 Å². The van der Waals surface area contributed by atoms with E-state index in [2.05, 4.69) is 32.9 Å². The molecule has 0 saturated carbocycles. The van der Waals surface area contributed by atoms with Crippen LogP contribution >= 0.6 is 0 Å². The predicted octanol–water partition coefficient (Wildman–Crippen LogP) is 4.75. The Bertz CT molecular complexity index is 379. The van der Waals surface area contributed by atoms with E-state index in [1.54, 1.807) is 6.92 Å². The molecule has 0 bridgehead atoms. The lowest BCUT2D eigenvalue weighted by Crippen LogP contribution is -2.03. The number of carbonyl (C=O) groups is 1.